The molecule has 2 aromatic carbocycles. The van der Waals surface area contributed by atoms with Crippen molar-refractivity contribution in [3.05, 3.63) is 80.5 Å². The lowest BCUT2D eigenvalue weighted by Crippen LogP contribution is -2.33. The Labute approximate surface area is 163 Å². The molecule has 0 spiro atoms. The summed E-state index contributed by atoms with van der Waals surface area (Å²) < 4.78 is 7.35. The van der Waals surface area contributed by atoms with E-state index in [-0.39, 0.29) is 18.0 Å². The van der Waals surface area contributed by atoms with Crippen molar-refractivity contribution in [1.82, 2.24) is 5.01 Å². The van der Waals surface area contributed by atoms with Gasteiger partial charge in [0, 0.05) is 27.4 Å². The van der Waals surface area contributed by atoms with Crippen molar-refractivity contribution in [3.8, 4) is 11.5 Å². The first-order valence-electron chi connectivity index (χ1n) is 8.34. The Balaban J connectivity index is 1.61. The Morgan fingerprint density at radius 2 is 1.96 bits per heavy atom. The topological polar surface area (TPSA) is 45.1 Å². The molecule has 0 amide bonds. The van der Waals surface area contributed by atoms with Gasteiger partial charge in [0.05, 0.1) is 16.6 Å². The number of aromatic hydroxyl groups is 1. The lowest BCUT2D eigenvalue weighted by Gasteiger charge is -2.37. The number of thiophene rings is 1. The van der Waals surface area contributed by atoms with E-state index >= 15 is 0 Å². The van der Waals surface area contributed by atoms with Gasteiger partial charge in [-0.1, -0.05) is 30.3 Å². The molecule has 0 unspecified atom stereocenters. The number of phenolic OH excluding ortho intramolecular Hbond substituents is 1. The molecular weight excluding hydrogens is 412 g/mol. The van der Waals surface area contributed by atoms with Crippen LogP contribution < -0.4 is 4.74 Å². The number of phenols is 1. The SMILES string of the molecule is Oc1ccccc1C1=NN2[C@@H](c3cc(Br)cs3)Oc3ccccc3[C@@H]2C1. The largest absolute Gasteiger partial charge is 0.507 e. The molecule has 0 fully saturated rings. The summed E-state index contributed by atoms with van der Waals surface area (Å²) in [6.45, 7) is 0. The van der Waals surface area contributed by atoms with Gasteiger partial charge in [-0.15, -0.1) is 11.3 Å². The molecule has 0 bridgehead atoms. The summed E-state index contributed by atoms with van der Waals surface area (Å²) >= 11 is 5.18. The quantitative estimate of drug-likeness (QED) is 0.591. The van der Waals surface area contributed by atoms with Gasteiger partial charge in [-0.25, -0.2) is 5.01 Å². The number of nitrogens with zero attached hydrogens (tertiary/aromatic N) is 2. The minimum atomic E-state index is -0.269. The number of rotatable bonds is 2. The van der Waals surface area contributed by atoms with Crippen molar-refractivity contribution in [1.29, 1.82) is 0 Å². The summed E-state index contributed by atoms with van der Waals surface area (Å²) in [7, 11) is 0. The van der Waals surface area contributed by atoms with E-state index in [1.807, 2.05) is 41.4 Å². The molecule has 5 rings (SSSR count). The van der Waals surface area contributed by atoms with Crippen LogP contribution in [0.3, 0.4) is 0 Å². The van der Waals surface area contributed by atoms with Crippen LogP contribution in [0.5, 0.6) is 11.5 Å². The number of para-hydroxylation sites is 2. The minimum absolute atomic E-state index is 0.0976. The van der Waals surface area contributed by atoms with Crippen molar-refractivity contribution in [3.63, 3.8) is 0 Å². The first-order chi connectivity index (χ1) is 12.7. The molecule has 2 atom stereocenters. The second kappa shape index (κ2) is 6.14. The first-order valence-corrected chi connectivity index (χ1v) is 10.0. The minimum Gasteiger partial charge on any atom is -0.507 e. The van der Waals surface area contributed by atoms with E-state index in [4.69, 9.17) is 9.84 Å². The molecule has 6 heteroatoms. The summed E-state index contributed by atoms with van der Waals surface area (Å²) in [5.41, 5.74) is 2.80. The number of hydrogen-bond acceptors (Lipinski definition) is 5. The van der Waals surface area contributed by atoms with Crippen LogP contribution in [0.2, 0.25) is 0 Å². The molecule has 0 radical (unpaired) electrons. The zero-order chi connectivity index (χ0) is 17.7. The average Bonchev–Trinajstić information content (AvgIpc) is 3.28. The van der Waals surface area contributed by atoms with Crippen LogP contribution in [-0.2, 0) is 0 Å². The zero-order valence-electron chi connectivity index (χ0n) is 13.7. The predicted octanol–water partition coefficient (Wildman–Crippen LogP) is 5.46. The van der Waals surface area contributed by atoms with Crippen LogP contribution in [0, 0.1) is 0 Å². The highest BCUT2D eigenvalue weighted by Crippen LogP contribution is 2.48. The van der Waals surface area contributed by atoms with Crippen LogP contribution in [0.15, 0.2) is 69.6 Å². The van der Waals surface area contributed by atoms with Crippen molar-refractivity contribution < 1.29 is 9.84 Å². The molecule has 0 saturated heterocycles. The summed E-state index contributed by atoms with van der Waals surface area (Å²) in [5, 5.41) is 19.2. The molecule has 4 nitrogen and oxygen atoms in total. The number of hydrogen-bond donors (Lipinski definition) is 1. The molecule has 26 heavy (non-hydrogen) atoms. The Hall–Kier alpha value is -2.31. The molecular formula is C20H15BrN2O2S. The smallest absolute Gasteiger partial charge is 0.223 e. The Morgan fingerprint density at radius 3 is 2.77 bits per heavy atom. The normalized spacial score (nSPS) is 21.0. The monoisotopic (exact) mass is 426 g/mol. The van der Waals surface area contributed by atoms with Gasteiger partial charge >= 0.3 is 0 Å². The first kappa shape index (κ1) is 15.9. The maximum absolute atomic E-state index is 10.3. The fraction of sp³-hybridized carbons (Fsp3) is 0.150. The van der Waals surface area contributed by atoms with Gasteiger partial charge in [-0.3, -0.25) is 0 Å². The molecule has 2 aliphatic heterocycles. The fourth-order valence-electron chi connectivity index (χ4n) is 3.56. The number of fused-ring (bicyclic) bond motifs is 3. The third-order valence-corrected chi connectivity index (χ3v) is 6.47. The van der Waals surface area contributed by atoms with E-state index in [1.165, 1.54) is 0 Å². The highest BCUT2D eigenvalue weighted by atomic mass is 79.9. The third kappa shape index (κ3) is 2.52. The molecule has 0 saturated carbocycles. The molecule has 1 aromatic heterocycles. The van der Waals surface area contributed by atoms with Gasteiger partial charge in [0.1, 0.15) is 11.5 Å². The average molecular weight is 427 g/mol. The van der Waals surface area contributed by atoms with Crippen LogP contribution in [-0.4, -0.2) is 15.8 Å². The van der Waals surface area contributed by atoms with E-state index in [0.717, 1.165) is 38.4 Å². The Bertz CT molecular complexity index is 1020. The summed E-state index contributed by atoms with van der Waals surface area (Å²) in [6.07, 6.45) is 0.468. The summed E-state index contributed by atoms with van der Waals surface area (Å²) in [4.78, 5) is 1.10. The van der Waals surface area contributed by atoms with Gasteiger partial charge in [-0.2, -0.15) is 5.10 Å². The van der Waals surface area contributed by atoms with Crippen LogP contribution in [0.4, 0.5) is 0 Å². The summed E-state index contributed by atoms with van der Waals surface area (Å²) in [6, 6.07) is 17.7. The van der Waals surface area contributed by atoms with Crippen molar-refractivity contribution >= 4 is 33.0 Å². The second-order valence-corrected chi connectivity index (χ2v) is 8.20. The van der Waals surface area contributed by atoms with Crippen molar-refractivity contribution in [2.45, 2.75) is 18.7 Å². The number of benzene rings is 2. The fourth-order valence-corrected chi connectivity index (χ4v) is 5.02. The number of ether oxygens (including phenoxy) is 1. The molecule has 0 aliphatic carbocycles. The highest BCUT2D eigenvalue weighted by Gasteiger charge is 2.41. The van der Waals surface area contributed by atoms with E-state index < -0.39 is 0 Å². The van der Waals surface area contributed by atoms with Gasteiger partial charge in [0.2, 0.25) is 6.23 Å². The molecule has 3 heterocycles. The Morgan fingerprint density at radius 1 is 1.15 bits per heavy atom. The van der Waals surface area contributed by atoms with Crippen LogP contribution in [0.25, 0.3) is 0 Å². The molecule has 3 aromatic rings. The molecule has 2 aliphatic rings. The number of halogens is 1. The van der Waals surface area contributed by atoms with Crippen molar-refractivity contribution in [2.24, 2.45) is 5.10 Å². The summed E-state index contributed by atoms with van der Waals surface area (Å²) in [5.74, 6) is 1.16. The van der Waals surface area contributed by atoms with Crippen LogP contribution >= 0.6 is 27.3 Å². The van der Waals surface area contributed by atoms with E-state index in [0.29, 0.717) is 0 Å². The van der Waals surface area contributed by atoms with Gasteiger partial charge in [0.25, 0.3) is 0 Å². The van der Waals surface area contributed by atoms with Crippen molar-refractivity contribution in [2.75, 3.05) is 0 Å². The Kier molecular flexibility index (Phi) is 3.76. The molecule has 1 N–H and O–H groups in total. The second-order valence-electron chi connectivity index (χ2n) is 6.34. The van der Waals surface area contributed by atoms with E-state index in [1.54, 1.807) is 17.4 Å². The highest BCUT2D eigenvalue weighted by molar-refractivity contribution is 9.10. The van der Waals surface area contributed by atoms with Gasteiger partial charge in [-0.05, 0) is 40.2 Å². The maximum Gasteiger partial charge on any atom is 0.223 e. The lowest BCUT2D eigenvalue weighted by molar-refractivity contribution is -0.0166. The van der Waals surface area contributed by atoms with Crippen LogP contribution in [0.1, 0.15) is 34.7 Å². The molecule has 130 valence electrons. The number of hydrazone groups is 1. The van der Waals surface area contributed by atoms with E-state index in [2.05, 4.69) is 33.4 Å². The predicted molar refractivity (Wildman–Crippen MR) is 106 cm³/mol. The third-order valence-electron chi connectivity index (χ3n) is 4.75. The lowest BCUT2D eigenvalue weighted by atomic mass is 9.96. The van der Waals surface area contributed by atoms with Gasteiger partial charge < -0.3 is 9.84 Å². The van der Waals surface area contributed by atoms with E-state index in [9.17, 15) is 5.11 Å². The maximum atomic E-state index is 10.3. The standard InChI is InChI=1S/C20H15BrN2O2S/c21-12-9-19(26-11-12)20-23-16(14-6-2-4-8-18(14)25-20)10-15(22-23)13-5-1-3-7-17(13)24/h1-9,11,16,20,24H,10H2/t16-,20+/m0/s1. The zero-order valence-corrected chi connectivity index (χ0v) is 16.1. The van der Waals surface area contributed by atoms with Gasteiger partial charge in [0.15, 0.2) is 0 Å².